The smallest absolute Gasteiger partial charge is 0.229 e. The Balaban J connectivity index is 1.52. The lowest BCUT2D eigenvalue weighted by atomic mass is 10.1. The van der Waals surface area contributed by atoms with Crippen molar-refractivity contribution in [1.29, 1.82) is 5.26 Å². The molecule has 0 bridgehead atoms. The van der Waals surface area contributed by atoms with E-state index in [2.05, 4.69) is 11.4 Å². The van der Waals surface area contributed by atoms with Gasteiger partial charge < -0.3 is 10.2 Å². The molecular formula is C21H21N3O2. The number of nitrogens with one attached hydrogen (secondary N) is 1. The fourth-order valence-corrected chi connectivity index (χ4v) is 3.11. The first-order valence-electron chi connectivity index (χ1n) is 8.74. The van der Waals surface area contributed by atoms with Gasteiger partial charge in [0.1, 0.15) is 0 Å². The second kappa shape index (κ2) is 8.30. The largest absolute Gasteiger partial charge is 0.342 e. The molecule has 0 saturated carbocycles. The van der Waals surface area contributed by atoms with Gasteiger partial charge in [-0.15, -0.1) is 0 Å². The number of benzene rings is 2. The maximum absolute atomic E-state index is 12.4. The number of hydrogen-bond acceptors (Lipinski definition) is 3. The number of rotatable bonds is 6. The highest BCUT2D eigenvalue weighted by Gasteiger charge is 2.33. The topological polar surface area (TPSA) is 73.2 Å². The minimum atomic E-state index is -0.322. The van der Waals surface area contributed by atoms with Gasteiger partial charge in [0.05, 0.1) is 18.4 Å². The van der Waals surface area contributed by atoms with Crippen LogP contribution in [0.4, 0.5) is 5.69 Å². The van der Waals surface area contributed by atoms with Crippen LogP contribution in [0.3, 0.4) is 0 Å². The van der Waals surface area contributed by atoms with E-state index in [1.807, 2.05) is 42.5 Å². The number of amides is 2. The number of likely N-dealkylation sites (tertiary alicyclic amines) is 1. The summed E-state index contributed by atoms with van der Waals surface area (Å²) in [6.45, 7) is 1.10. The van der Waals surface area contributed by atoms with Crippen LogP contribution in [-0.2, 0) is 22.4 Å². The minimum Gasteiger partial charge on any atom is -0.342 e. The van der Waals surface area contributed by atoms with E-state index in [1.54, 1.807) is 17.0 Å². The van der Waals surface area contributed by atoms with Gasteiger partial charge in [0, 0.05) is 25.2 Å². The summed E-state index contributed by atoms with van der Waals surface area (Å²) in [5.41, 5.74) is 2.78. The van der Waals surface area contributed by atoms with Crippen LogP contribution in [0.5, 0.6) is 0 Å². The fraction of sp³-hybridized carbons (Fsp3) is 0.286. The molecule has 1 heterocycles. The third-order valence-corrected chi connectivity index (χ3v) is 4.60. The molecule has 3 rings (SSSR count). The van der Waals surface area contributed by atoms with Gasteiger partial charge in [0.2, 0.25) is 11.8 Å². The summed E-state index contributed by atoms with van der Waals surface area (Å²) in [6, 6.07) is 19.3. The highest BCUT2D eigenvalue weighted by Crippen LogP contribution is 2.20. The van der Waals surface area contributed by atoms with Gasteiger partial charge in [-0.25, -0.2) is 0 Å². The van der Waals surface area contributed by atoms with E-state index in [0.29, 0.717) is 25.2 Å². The number of carbonyl (C=O) groups is 2. The predicted molar refractivity (Wildman–Crippen MR) is 99.2 cm³/mol. The second-order valence-corrected chi connectivity index (χ2v) is 6.50. The van der Waals surface area contributed by atoms with E-state index >= 15 is 0 Å². The van der Waals surface area contributed by atoms with Crippen molar-refractivity contribution in [2.75, 3.05) is 18.4 Å². The second-order valence-electron chi connectivity index (χ2n) is 6.50. The molecule has 2 aromatic rings. The van der Waals surface area contributed by atoms with Gasteiger partial charge in [-0.05, 0) is 29.7 Å². The van der Waals surface area contributed by atoms with E-state index in [0.717, 1.165) is 12.0 Å². The summed E-state index contributed by atoms with van der Waals surface area (Å²) in [6.07, 6.45) is 1.40. The molecule has 0 radical (unpaired) electrons. The zero-order chi connectivity index (χ0) is 18.4. The van der Waals surface area contributed by atoms with Crippen molar-refractivity contribution in [3.8, 4) is 6.07 Å². The zero-order valence-corrected chi connectivity index (χ0v) is 14.5. The van der Waals surface area contributed by atoms with Crippen molar-refractivity contribution in [2.45, 2.75) is 19.3 Å². The summed E-state index contributed by atoms with van der Waals surface area (Å²) in [7, 11) is 0. The van der Waals surface area contributed by atoms with Crippen molar-refractivity contribution in [3.63, 3.8) is 0 Å². The monoisotopic (exact) mass is 347 g/mol. The molecular weight excluding hydrogens is 326 g/mol. The van der Waals surface area contributed by atoms with E-state index in [-0.39, 0.29) is 24.2 Å². The number of hydrogen-bond donors (Lipinski definition) is 1. The molecule has 1 atom stereocenters. The SMILES string of the molecule is N#CCc1ccc(NC(=O)C2CC(=O)N(CCc3ccccc3)C2)cc1. The fourth-order valence-electron chi connectivity index (χ4n) is 3.11. The van der Waals surface area contributed by atoms with Crippen LogP contribution in [-0.4, -0.2) is 29.8 Å². The molecule has 1 unspecified atom stereocenters. The van der Waals surface area contributed by atoms with Gasteiger partial charge in [-0.2, -0.15) is 5.26 Å². The Morgan fingerprint density at radius 2 is 1.85 bits per heavy atom. The van der Waals surface area contributed by atoms with Crippen molar-refractivity contribution in [2.24, 2.45) is 5.92 Å². The maximum atomic E-state index is 12.4. The molecule has 0 aromatic heterocycles. The first-order valence-corrected chi connectivity index (χ1v) is 8.74. The van der Waals surface area contributed by atoms with E-state index in [1.165, 1.54) is 5.56 Å². The van der Waals surface area contributed by atoms with Crippen LogP contribution in [0, 0.1) is 17.2 Å². The summed E-state index contributed by atoms with van der Waals surface area (Å²) in [5.74, 6) is -0.420. The lowest BCUT2D eigenvalue weighted by molar-refractivity contribution is -0.128. The zero-order valence-electron chi connectivity index (χ0n) is 14.5. The average molecular weight is 347 g/mol. The Labute approximate surface area is 153 Å². The molecule has 1 fully saturated rings. The quantitative estimate of drug-likeness (QED) is 0.873. The number of nitrogens with zero attached hydrogens (tertiary/aromatic N) is 2. The van der Waals surface area contributed by atoms with Crippen LogP contribution >= 0.6 is 0 Å². The Kier molecular flexibility index (Phi) is 5.65. The first-order chi connectivity index (χ1) is 12.7. The highest BCUT2D eigenvalue weighted by atomic mass is 16.2. The van der Waals surface area contributed by atoms with Gasteiger partial charge in [0.15, 0.2) is 0 Å². The van der Waals surface area contributed by atoms with Crippen LogP contribution in [0.2, 0.25) is 0 Å². The highest BCUT2D eigenvalue weighted by molar-refractivity contribution is 5.97. The average Bonchev–Trinajstić information content (AvgIpc) is 3.04. The van der Waals surface area contributed by atoms with Crippen LogP contribution in [0.25, 0.3) is 0 Å². The standard InChI is InChI=1S/C21H21N3O2/c22-12-10-17-6-8-19(9-7-17)23-21(26)18-14-20(25)24(15-18)13-11-16-4-2-1-3-5-16/h1-9,18H,10-11,13-15H2,(H,23,26). The molecule has 0 spiro atoms. The van der Waals surface area contributed by atoms with Crippen LogP contribution < -0.4 is 5.32 Å². The molecule has 1 aliphatic rings. The van der Waals surface area contributed by atoms with Crippen molar-refractivity contribution in [1.82, 2.24) is 4.90 Å². The molecule has 1 N–H and O–H groups in total. The summed E-state index contributed by atoms with van der Waals surface area (Å²) < 4.78 is 0. The molecule has 0 aliphatic carbocycles. The minimum absolute atomic E-state index is 0.0328. The molecule has 5 nitrogen and oxygen atoms in total. The van der Waals surface area contributed by atoms with Gasteiger partial charge in [-0.3, -0.25) is 9.59 Å². The molecule has 26 heavy (non-hydrogen) atoms. The van der Waals surface area contributed by atoms with E-state index in [4.69, 9.17) is 5.26 Å². The third kappa shape index (κ3) is 4.48. The Morgan fingerprint density at radius 1 is 1.12 bits per heavy atom. The Morgan fingerprint density at radius 3 is 2.54 bits per heavy atom. The molecule has 2 amide bonds. The number of anilines is 1. The van der Waals surface area contributed by atoms with Gasteiger partial charge in [0.25, 0.3) is 0 Å². The van der Waals surface area contributed by atoms with Crippen molar-refractivity contribution < 1.29 is 9.59 Å². The van der Waals surface area contributed by atoms with Crippen LogP contribution in [0.15, 0.2) is 54.6 Å². The molecule has 1 saturated heterocycles. The molecule has 1 aliphatic heterocycles. The van der Waals surface area contributed by atoms with Gasteiger partial charge in [-0.1, -0.05) is 42.5 Å². The molecule has 5 heteroatoms. The predicted octanol–water partition coefficient (Wildman–Crippen LogP) is 2.78. The molecule has 132 valence electrons. The number of carbonyl (C=O) groups excluding carboxylic acids is 2. The Hall–Kier alpha value is -3.13. The lowest BCUT2D eigenvalue weighted by Gasteiger charge is -2.16. The molecule has 2 aromatic carbocycles. The lowest BCUT2D eigenvalue weighted by Crippen LogP contribution is -2.30. The third-order valence-electron chi connectivity index (χ3n) is 4.60. The summed E-state index contributed by atoms with van der Waals surface area (Å²) >= 11 is 0. The van der Waals surface area contributed by atoms with Crippen LogP contribution in [0.1, 0.15) is 17.5 Å². The first kappa shape index (κ1) is 17.7. The summed E-state index contributed by atoms with van der Waals surface area (Å²) in [5, 5.41) is 11.6. The van der Waals surface area contributed by atoms with Crippen molar-refractivity contribution in [3.05, 3.63) is 65.7 Å². The summed E-state index contributed by atoms with van der Waals surface area (Å²) in [4.78, 5) is 26.4. The van der Waals surface area contributed by atoms with Gasteiger partial charge >= 0.3 is 0 Å². The van der Waals surface area contributed by atoms with E-state index < -0.39 is 0 Å². The Bertz CT molecular complexity index is 809. The maximum Gasteiger partial charge on any atom is 0.229 e. The normalized spacial score (nSPS) is 16.3. The van der Waals surface area contributed by atoms with E-state index in [9.17, 15) is 9.59 Å². The number of nitriles is 1. The van der Waals surface area contributed by atoms with Crippen molar-refractivity contribution >= 4 is 17.5 Å².